The topological polar surface area (TPSA) is 83.5 Å². The van der Waals surface area contributed by atoms with Crippen molar-refractivity contribution in [1.29, 1.82) is 0 Å². The van der Waals surface area contributed by atoms with Crippen molar-refractivity contribution in [3.8, 4) is 0 Å². The van der Waals surface area contributed by atoms with Gasteiger partial charge in [0.05, 0.1) is 5.69 Å². The van der Waals surface area contributed by atoms with Crippen molar-refractivity contribution in [3.63, 3.8) is 0 Å². The number of fused-ring (bicyclic) bond motifs is 5. The van der Waals surface area contributed by atoms with Gasteiger partial charge in [-0.05, 0) is 73.1 Å². The van der Waals surface area contributed by atoms with Gasteiger partial charge in [-0.2, -0.15) is 8.42 Å². The SMILES string of the molecule is [2H]C1([2H])C[C@H]2[C@@H]3CCc4cc(NS(=O)(=O)O)ccc4[C@H]3CC[C@]2(C)C1=O. The first-order chi connectivity index (χ1) is 12.0. The standard InChI is InChI=1S/C18H23NO4S/c1-18-9-8-14-13-5-3-12(19-24(21,22)23)10-11(13)2-4-15(14)16(18)6-7-17(18)20/h3,5,10,14-16,19H,2,4,6-9H2,1H3,(H,21,22,23)/t14-,15-,16+,18+/m1/s1/i7D2. The van der Waals surface area contributed by atoms with Crippen molar-refractivity contribution >= 4 is 21.8 Å². The third-order valence-electron chi connectivity index (χ3n) is 6.36. The van der Waals surface area contributed by atoms with Crippen LogP contribution in [-0.4, -0.2) is 18.8 Å². The normalized spacial score (nSPS) is 38.4. The fourth-order valence-corrected chi connectivity index (χ4v) is 5.60. The number of hydrogen-bond donors (Lipinski definition) is 2. The minimum atomic E-state index is -4.30. The first-order valence-electron chi connectivity index (χ1n) is 9.44. The minimum Gasteiger partial charge on any atom is -0.299 e. The summed E-state index contributed by atoms with van der Waals surface area (Å²) in [6.07, 6.45) is 1.76. The van der Waals surface area contributed by atoms with Crippen LogP contribution in [0.1, 0.15) is 58.8 Å². The monoisotopic (exact) mass is 351 g/mol. The molecule has 0 saturated heterocycles. The summed E-state index contributed by atoms with van der Waals surface area (Å²) in [6, 6.07) is 5.34. The number of aryl methyl sites for hydroxylation is 1. The van der Waals surface area contributed by atoms with Crippen molar-refractivity contribution in [2.24, 2.45) is 17.3 Å². The van der Waals surface area contributed by atoms with Gasteiger partial charge in [0.2, 0.25) is 0 Å². The number of hydrogen-bond acceptors (Lipinski definition) is 3. The maximum atomic E-state index is 12.6. The lowest BCUT2D eigenvalue weighted by molar-refractivity contribution is -0.129. The number of rotatable bonds is 2. The van der Waals surface area contributed by atoms with Gasteiger partial charge in [-0.15, -0.1) is 0 Å². The van der Waals surface area contributed by atoms with E-state index in [0.29, 0.717) is 18.5 Å². The lowest BCUT2D eigenvalue weighted by Crippen LogP contribution is -2.42. The smallest absolute Gasteiger partial charge is 0.299 e. The van der Waals surface area contributed by atoms with Gasteiger partial charge in [0.1, 0.15) is 5.78 Å². The molecule has 6 heteroatoms. The molecule has 2 N–H and O–H groups in total. The van der Waals surface area contributed by atoms with Crippen molar-refractivity contribution in [2.45, 2.75) is 51.3 Å². The van der Waals surface area contributed by atoms with E-state index < -0.39 is 22.1 Å². The predicted octanol–water partition coefficient (Wildman–Crippen LogP) is 3.33. The van der Waals surface area contributed by atoms with Crippen molar-refractivity contribution in [1.82, 2.24) is 0 Å². The highest BCUT2D eigenvalue weighted by atomic mass is 32.2. The average Bonchev–Trinajstić information content (AvgIpc) is 2.72. The van der Waals surface area contributed by atoms with Gasteiger partial charge in [-0.3, -0.25) is 14.1 Å². The van der Waals surface area contributed by atoms with Crippen LogP contribution in [0.5, 0.6) is 0 Å². The molecule has 0 aliphatic heterocycles. The molecule has 0 radical (unpaired) electrons. The molecule has 0 unspecified atom stereocenters. The summed E-state index contributed by atoms with van der Waals surface area (Å²) in [6.45, 7) is 1.94. The summed E-state index contributed by atoms with van der Waals surface area (Å²) in [5, 5.41) is 0. The van der Waals surface area contributed by atoms with Gasteiger partial charge in [0.25, 0.3) is 0 Å². The second-order valence-electron chi connectivity index (χ2n) is 7.57. The summed E-state index contributed by atoms with van der Waals surface area (Å²) in [5.41, 5.74) is 2.02. The maximum absolute atomic E-state index is 12.6. The van der Waals surface area contributed by atoms with Gasteiger partial charge in [-0.1, -0.05) is 13.0 Å². The van der Waals surface area contributed by atoms with Crippen LogP contribution in [0.3, 0.4) is 0 Å². The Balaban J connectivity index is 1.66. The van der Waals surface area contributed by atoms with Crippen LogP contribution in [0.4, 0.5) is 5.69 Å². The Kier molecular flexibility index (Phi) is 3.05. The van der Waals surface area contributed by atoms with Crippen molar-refractivity contribution < 1.29 is 20.5 Å². The highest BCUT2D eigenvalue weighted by molar-refractivity contribution is 7.87. The molecular formula is C18H23NO4S. The number of carbonyl (C=O) groups excluding carboxylic acids is 1. The first kappa shape index (κ1) is 13.8. The average molecular weight is 351 g/mol. The van der Waals surface area contributed by atoms with E-state index in [9.17, 15) is 13.2 Å². The van der Waals surface area contributed by atoms with Crippen LogP contribution in [0.25, 0.3) is 0 Å². The summed E-state index contributed by atoms with van der Waals surface area (Å²) in [5.74, 6) is 0.390. The molecule has 130 valence electrons. The molecule has 0 bridgehead atoms. The quantitative estimate of drug-likeness (QED) is 0.801. The summed E-state index contributed by atoms with van der Waals surface area (Å²) in [7, 11) is -4.30. The van der Waals surface area contributed by atoms with E-state index in [1.165, 1.54) is 5.56 Å². The second-order valence-corrected chi connectivity index (χ2v) is 8.73. The largest absolute Gasteiger partial charge is 0.357 e. The first-order valence-corrected chi connectivity index (χ1v) is 9.88. The molecule has 0 heterocycles. The molecule has 3 aliphatic carbocycles. The molecular weight excluding hydrogens is 326 g/mol. The van der Waals surface area contributed by atoms with Crippen LogP contribution in [0.2, 0.25) is 0 Å². The second kappa shape index (κ2) is 5.30. The Bertz CT molecular complexity index is 885. The molecule has 1 aromatic carbocycles. The number of ketones is 1. The van der Waals surface area contributed by atoms with E-state index in [1.807, 2.05) is 13.0 Å². The van der Waals surface area contributed by atoms with E-state index >= 15 is 0 Å². The van der Waals surface area contributed by atoms with E-state index in [4.69, 9.17) is 7.29 Å². The highest BCUT2D eigenvalue weighted by Crippen LogP contribution is 2.59. The zero-order chi connectivity index (χ0) is 18.9. The van der Waals surface area contributed by atoms with Crippen LogP contribution >= 0.6 is 0 Å². The Morgan fingerprint density at radius 1 is 1.33 bits per heavy atom. The van der Waals surface area contributed by atoms with Crippen LogP contribution in [0, 0.1) is 17.3 Å². The zero-order valence-corrected chi connectivity index (χ0v) is 14.4. The molecule has 5 nitrogen and oxygen atoms in total. The molecule has 4 rings (SSSR count). The van der Waals surface area contributed by atoms with E-state index in [0.717, 1.165) is 24.8 Å². The third kappa shape index (κ3) is 2.47. The van der Waals surface area contributed by atoms with Gasteiger partial charge >= 0.3 is 10.3 Å². The maximum Gasteiger partial charge on any atom is 0.357 e. The lowest BCUT2D eigenvalue weighted by Gasteiger charge is -2.48. The van der Waals surface area contributed by atoms with Gasteiger partial charge in [-0.25, -0.2) is 0 Å². The number of Topliss-reactive ketones (excluding diaryl/α,β-unsaturated/α-hetero) is 1. The Morgan fingerprint density at radius 3 is 2.88 bits per heavy atom. The van der Waals surface area contributed by atoms with Crippen LogP contribution < -0.4 is 4.72 Å². The van der Waals surface area contributed by atoms with Gasteiger partial charge in [0.15, 0.2) is 0 Å². The summed E-state index contributed by atoms with van der Waals surface area (Å²) < 4.78 is 49.3. The van der Waals surface area contributed by atoms with Gasteiger partial charge < -0.3 is 0 Å². The molecule has 24 heavy (non-hydrogen) atoms. The Labute approximate surface area is 145 Å². The number of anilines is 1. The molecule has 0 spiro atoms. The van der Waals surface area contributed by atoms with Gasteiger partial charge in [0, 0.05) is 14.5 Å². The Morgan fingerprint density at radius 2 is 2.12 bits per heavy atom. The number of nitrogens with one attached hydrogen (secondary N) is 1. The Hall–Kier alpha value is -1.40. The van der Waals surface area contributed by atoms with Crippen molar-refractivity contribution in [3.05, 3.63) is 29.3 Å². The third-order valence-corrected chi connectivity index (χ3v) is 6.86. The van der Waals surface area contributed by atoms with Crippen LogP contribution in [-0.2, 0) is 21.5 Å². The summed E-state index contributed by atoms with van der Waals surface area (Å²) >= 11 is 0. The van der Waals surface area contributed by atoms with Crippen molar-refractivity contribution in [2.75, 3.05) is 4.72 Å². The fraction of sp³-hybridized carbons (Fsp3) is 0.611. The van der Waals surface area contributed by atoms with Crippen LogP contribution in [0.15, 0.2) is 18.2 Å². The summed E-state index contributed by atoms with van der Waals surface area (Å²) in [4.78, 5) is 12.6. The minimum absolute atomic E-state index is 0.0625. The molecule has 2 fully saturated rings. The fourth-order valence-electron chi connectivity index (χ4n) is 5.18. The number of benzene rings is 1. The lowest BCUT2D eigenvalue weighted by atomic mass is 9.55. The van der Waals surface area contributed by atoms with E-state index in [2.05, 4.69) is 4.72 Å². The predicted molar refractivity (Wildman–Crippen MR) is 91.2 cm³/mol. The molecule has 2 saturated carbocycles. The highest BCUT2D eigenvalue weighted by Gasteiger charge is 2.54. The molecule has 1 aromatic rings. The molecule has 4 atom stereocenters. The van der Waals surface area contributed by atoms with E-state index in [1.54, 1.807) is 12.1 Å². The zero-order valence-electron chi connectivity index (χ0n) is 15.6. The number of carbonyl (C=O) groups is 1. The molecule has 0 amide bonds. The molecule has 3 aliphatic rings. The van der Waals surface area contributed by atoms with E-state index in [-0.39, 0.29) is 23.5 Å². The molecule has 0 aromatic heterocycles.